The van der Waals surface area contributed by atoms with Gasteiger partial charge in [0.25, 0.3) is 11.8 Å². The number of urea groups is 1. The molecule has 0 radical (unpaired) electrons. The molecule has 1 fully saturated rings. The van der Waals surface area contributed by atoms with Crippen molar-refractivity contribution in [3.8, 4) is 17.2 Å². The van der Waals surface area contributed by atoms with Crippen LogP contribution in [0.4, 0.5) is 10.5 Å². The summed E-state index contributed by atoms with van der Waals surface area (Å²) in [5, 5.41) is 2.23. The van der Waals surface area contributed by atoms with Crippen molar-refractivity contribution in [1.29, 1.82) is 0 Å². The molecule has 1 aliphatic heterocycles. The monoisotopic (exact) mass is 431 g/mol. The molecule has 1 aromatic heterocycles. The van der Waals surface area contributed by atoms with E-state index >= 15 is 0 Å². The molecule has 162 valence electrons. The van der Waals surface area contributed by atoms with Crippen molar-refractivity contribution in [1.82, 2.24) is 9.88 Å². The smallest absolute Gasteiger partial charge is 0.336 e. The Bertz CT molecular complexity index is 1240. The molecule has 0 unspecified atom stereocenters. The average Bonchev–Trinajstić information content (AvgIpc) is 3.17. The van der Waals surface area contributed by atoms with Gasteiger partial charge in [-0.3, -0.25) is 14.9 Å². The topological polar surface area (TPSA) is 89.9 Å². The highest BCUT2D eigenvalue weighted by Gasteiger charge is 2.38. The Morgan fingerprint density at radius 1 is 0.938 bits per heavy atom. The van der Waals surface area contributed by atoms with E-state index in [2.05, 4.69) is 5.32 Å². The number of nitrogens with one attached hydrogen (secondary N) is 1. The molecule has 4 rings (SSSR count). The van der Waals surface area contributed by atoms with Gasteiger partial charge in [0.15, 0.2) is 0 Å². The van der Waals surface area contributed by atoms with E-state index in [9.17, 15) is 14.4 Å². The zero-order valence-corrected chi connectivity index (χ0v) is 17.8. The zero-order chi connectivity index (χ0) is 22.8. The van der Waals surface area contributed by atoms with E-state index in [0.29, 0.717) is 11.3 Å². The highest BCUT2D eigenvalue weighted by atomic mass is 16.5. The summed E-state index contributed by atoms with van der Waals surface area (Å²) in [5.74, 6) is -0.742. The van der Waals surface area contributed by atoms with Crippen LogP contribution < -0.4 is 19.7 Å². The Morgan fingerprint density at radius 3 is 2.38 bits per heavy atom. The molecule has 8 nitrogen and oxygen atoms in total. The first-order valence-corrected chi connectivity index (χ1v) is 9.81. The third-order valence-electron chi connectivity index (χ3n) is 5.11. The largest absolute Gasteiger partial charge is 0.497 e. The van der Waals surface area contributed by atoms with Crippen LogP contribution in [0.3, 0.4) is 0 Å². The molecule has 1 aliphatic rings. The molecular weight excluding hydrogens is 410 g/mol. The minimum Gasteiger partial charge on any atom is -0.497 e. The number of ether oxygens (including phenoxy) is 2. The number of aromatic nitrogens is 1. The second kappa shape index (κ2) is 8.43. The maximum absolute atomic E-state index is 13.2. The number of carbonyl (C=O) groups excluding carboxylic acids is 3. The molecule has 4 amide bonds. The van der Waals surface area contributed by atoms with Gasteiger partial charge in [0, 0.05) is 23.6 Å². The fourth-order valence-corrected chi connectivity index (χ4v) is 3.56. The van der Waals surface area contributed by atoms with E-state index in [-0.39, 0.29) is 17.0 Å². The Hall–Kier alpha value is -4.33. The highest BCUT2D eigenvalue weighted by Crippen LogP contribution is 2.34. The van der Waals surface area contributed by atoms with E-state index in [1.807, 2.05) is 54.1 Å². The van der Waals surface area contributed by atoms with Gasteiger partial charge in [-0.2, -0.15) is 0 Å². The maximum Gasteiger partial charge on any atom is 0.336 e. The lowest BCUT2D eigenvalue weighted by Crippen LogP contribution is -2.54. The Balaban J connectivity index is 1.73. The van der Waals surface area contributed by atoms with Crippen LogP contribution in [0, 0.1) is 6.92 Å². The molecule has 1 N–H and O–H groups in total. The minimum atomic E-state index is -0.848. The summed E-state index contributed by atoms with van der Waals surface area (Å²) in [7, 11) is 2.91. The lowest BCUT2D eigenvalue weighted by molar-refractivity contribution is -0.122. The number of imide groups is 2. The summed E-state index contributed by atoms with van der Waals surface area (Å²) in [5.41, 5.74) is 2.58. The summed E-state index contributed by atoms with van der Waals surface area (Å²) >= 11 is 0. The zero-order valence-electron chi connectivity index (χ0n) is 17.8. The third kappa shape index (κ3) is 3.74. The fraction of sp³-hybridized carbons (Fsp3) is 0.125. The number of para-hydroxylation sites is 1. The number of anilines is 1. The summed E-state index contributed by atoms with van der Waals surface area (Å²) in [4.78, 5) is 39.1. The van der Waals surface area contributed by atoms with Crippen molar-refractivity contribution in [2.24, 2.45) is 0 Å². The molecule has 32 heavy (non-hydrogen) atoms. The molecular formula is C24H21N3O5. The molecule has 8 heteroatoms. The van der Waals surface area contributed by atoms with E-state index in [1.165, 1.54) is 26.4 Å². The first-order chi connectivity index (χ1) is 15.4. The number of amides is 4. The third-order valence-corrected chi connectivity index (χ3v) is 5.11. The van der Waals surface area contributed by atoms with Crippen molar-refractivity contribution < 1.29 is 23.9 Å². The first-order valence-electron chi connectivity index (χ1n) is 9.81. The number of aryl methyl sites for hydroxylation is 1. The van der Waals surface area contributed by atoms with Crippen molar-refractivity contribution in [3.05, 3.63) is 77.6 Å². The number of nitrogens with zero attached hydrogens (tertiary/aromatic N) is 2. The van der Waals surface area contributed by atoms with Gasteiger partial charge in [-0.1, -0.05) is 18.2 Å². The van der Waals surface area contributed by atoms with Gasteiger partial charge in [-0.05, 0) is 48.9 Å². The van der Waals surface area contributed by atoms with E-state index in [1.54, 1.807) is 12.1 Å². The number of rotatable bonds is 5. The number of carbonyl (C=O) groups is 3. The Morgan fingerprint density at radius 2 is 1.69 bits per heavy atom. The molecule has 0 bridgehead atoms. The molecule has 0 atom stereocenters. The second-order valence-corrected chi connectivity index (χ2v) is 7.12. The van der Waals surface area contributed by atoms with Gasteiger partial charge in [0.2, 0.25) is 0 Å². The van der Waals surface area contributed by atoms with Gasteiger partial charge < -0.3 is 14.0 Å². The standard InChI is InChI=1S/C24H21N3O5/c1-15-11-16(14-26(15)17-7-5-4-6-8-17)12-19-22(28)25-24(30)27(23(19)29)20-10-9-18(31-2)13-21(20)32-3/h4-14H,1-3H3,(H,25,28,30)/b19-12-. The summed E-state index contributed by atoms with van der Waals surface area (Å²) in [6.07, 6.45) is 3.30. The normalized spacial score (nSPS) is 15.2. The number of benzene rings is 2. The van der Waals surface area contributed by atoms with Crippen LogP contribution in [0.15, 0.2) is 66.4 Å². The summed E-state index contributed by atoms with van der Waals surface area (Å²) in [6.45, 7) is 1.93. The van der Waals surface area contributed by atoms with Gasteiger partial charge >= 0.3 is 6.03 Å². The molecule has 2 heterocycles. The average molecular weight is 431 g/mol. The first kappa shape index (κ1) is 20.9. The molecule has 0 aliphatic carbocycles. The second-order valence-electron chi connectivity index (χ2n) is 7.12. The van der Waals surface area contributed by atoms with Crippen molar-refractivity contribution >= 4 is 29.6 Å². The predicted molar refractivity (Wildman–Crippen MR) is 119 cm³/mol. The summed E-state index contributed by atoms with van der Waals surface area (Å²) in [6, 6.07) is 15.4. The van der Waals surface area contributed by atoms with Crippen LogP contribution in [0.25, 0.3) is 11.8 Å². The van der Waals surface area contributed by atoms with Crippen LogP contribution >= 0.6 is 0 Å². The van der Waals surface area contributed by atoms with Crippen LogP contribution in [0.1, 0.15) is 11.3 Å². The molecule has 3 aromatic rings. The van der Waals surface area contributed by atoms with Crippen LogP contribution in [0.5, 0.6) is 11.5 Å². The molecule has 1 saturated heterocycles. The maximum atomic E-state index is 13.2. The SMILES string of the molecule is COc1ccc(N2C(=O)NC(=O)/C(=C/c3cc(C)n(-c4ccccc4)c3)C2=O)c(OC)c1. The fourth-order valence-electron chi connectivity index (χ4n) is 3.56. The lowest BCUT2D eigenvalue weighted by Gasteiger charge is -2.27. The minimum absolute atomic E-state index is 0.160. The molecule has 2 aromatic carbocycles. The molecule has 0 spiro atoms. The van der Waals surface area contributed by atoms with E-state index < -0.39 is 17.8 Å². The van der Waals surface area contributed by atoms with E-state index in [0.717, 1.165) is 16.3 Å². The van der Waals surface area contributed by atoms with Crippen molar-refractivity contribution in [3.63, 3.8) is 0 Å². The highest BCUT2D eigenvalue weighted by molar-refractivity contribution is 6.39. The molecule has 0 saturated carbocycles. The van der Waals surface area contributed by atoms with Crippen LogP contribution in [-0.2, 0) is 9.59 Å². The van der Waals surface area contributed by atoms with Gasteiger partial charge in [0.05, 0.1) is 19.9 Å². The van der Waals surface area contributed by atoms with Crippen molar-refractivity contribution in [2.75, 3.05) is 19.1 Å². The van der Waals surface area contributed by atoms with Gasteiger partial charge in [0.1, 0.15) is 17.1 Å². The number of hydrogen-bond acceptors (Lipinski definition) is 5. The van der Waals surface area contributed by atoms with Gasteiger partial charge in [-0.15, -0.1) is 0 Å². The predicted octanol–water partition coefficient (Wildman–Crippen LogP) is 3.47. The Kier molecular flexibility index (Phi) is 5.51. The van der Waals surface area contributed by atoms with Crippen molar-refractivity contribution in [2.45, 2.75) is 6.92 Å². The van der Waals surface area contributed by atoms with Crippen LogP contribution in [0.2, 0.25) is 0 Å². The van der Waals surface area contributed by atoms with Crippen LogP contribution in [-0.4, -0.2) is 36.6 Å². The van der Waals surface area contributed by atoms with Gasteiger partial charge in [-0.25, -0.2) is 9.69 Å². The summed E-state index contributed by atoms with van der Waals surface area (Å²) < 4.78 is 12.4. The number of barbiturate groups is 1. The lowest BCUT2D eigenvalue weighted by atomic mass is 10.1. The Labute approximate surface area is 184 Å². The quantitative estimate of drug-likeness (QED) is 0.494. The van der Waals surface area contributed by atoms with E-state index in [4.69, 9.17) is 9.47 Å². The number of hydrogen-bond donors (Lipinski definition) is 1. The number of methoxy groups -OCH3 is 2.